The Kier molecular flexibility index (Phi) is 3.10. The van der Waals surface area contributed by atoms with Crippen LogP contribution < -0.4 is 5.32 Å². The van der Waals surface area contributed by atoms with E-state index >= 15 is 0 Å². The van der Waals surface area contributed by atoms with Crippen molar-refractivity contribution < 1.29 is 4.52 Å². The highest BCUT2D eigenvalue weighted by atomic mass is 16.5. The van der Waals surface area contributed by atoms with Crippen LogP contribution >= 0.6 is 0 Å². The molecule has 7 heteroatoms. The summed E-state index contributed by atoms with van der Waals surface area (Å²) in [6, 6.07) is 6.68. The van der Waals surface area contributed by atoms with E-state index in [0.29, 0.717) is 18.5 Å². The number of aryl methyl sites for hydroxylation is 1. The van der Waals surface area contributed by atoms with E-state index in [1.807, 2.05) is 6.07 Å². The van der Waals surface area contributed by atoms with Gasteiger partial charge in [-0.2, -0.15) is 10.1 Å². The van der Waals surface area contributed by atoms with E-state index in [9.17, 15) is 0 Å². The van der Waals surface area contributed by atoms with Gasteiger partial charge in [-0.1, -0.05) is 17.3 Å². The van der Waals surface area contributed by atoms with Crippen LogP contribution in [0, 0.1) is 6.92 Å². The van der Waals surface area contributed by atoms with Gasteiger partial charge in [0.2, 0.25) is 0 Å². The number of nitrogens with zero attached hydrogens (tertiary/aromatic N) is 5. The van der Waals surface area contributed by atoms with Gasteiger partial charge in [-0.3, -0.25) is 0 Å². The average molecular weight is 296 g/mol. The summed E-state index contributed by atoms with van der Waals surface area (Å²) in [5, 5.41) is 11.3. The third-order valence-corrected chi connectivity index (χ3v) is 3.75. The SMILES string of the molecule is Cc1cc(CNc2nc(C3CC3)no2)ccc1-n1cncn1. The van der Waals surface area contributed by atoms with Crippen molar-refractivity contribution in [1.82, 2.24) is 24.9 Å². The highest BCUT2D eigenvalue weighted by Crippen LogP contribution is 2.38. The molecule has 1 N–H and O–H groups in total. The van der Waals surface area contributed by atoms with Gasteiger partial charge in [0.25, 0.3) is 0 Å². The van der Waals surface area contributed by atoms with Crippen molar-refractivity contribution in [3.63, 3.8) is 0 Å². The number of nitrogens with one attached hydrogen (secondary N) is 1. The first kappa shape index (κ1) is 13.0. The Bertz CT molecular complexity index is 775. The first-order valence-electron chi connectivity index (χ1n) is 7.31. The summed E-state index contributed by atoms with van der Waals surface area (Å²) in [4.78, 5) is 8.33. The molecule has 1 saturated carbocycles. The molecule has 0 radical (unpaired) electrons. The summed E-state index contributed by atoms with van der Waals surface area (Å²) in [7, 11) is 0. The van der Waals surface area contributed by atoms with Gasteiger partial charge in [-0.05, 0) is 37.0 Å². The Morgan fingerprint density at radius 3 is 3.00 bits per heavy atom. The zero-order valence-electron chi connectivity index (χ0n) is 12.2. The number of rotatable bonds is 5. The van der Waals surface area contributed by atoms with Gasteiger partial charge in [0.1, 0.15) is 12.7 Å². The van der Waals surface area contributed by atoms with E-state index in [0.717, 1.165) is 22.6 Å². The summed E-state index contributed by atoms with van der Waals surface area (Å²) >= 11 is 0. The van der Waals surface area contributed by atoms with Crippen LogP contribution in [-0.4, -0.2) is 24.9 Å². The molecule has 0 bridgehead atoms. The molecule has 0 atom stereocenters. The number of hydrogen-bond acceptors (Lipinski definition) is 6. The van der Waals surface area contributed by atoms with Crippen molar-refractivity contribution in [1.29, 1.82) is 0 Å². The number of benzene rings is 1. The maximum atomic E-state index is 5.21. The topological polar surface area (TPSA) is 81.7 Å². The van der Waals surface area contributed by atoms with E-state index in [-0.39, 0.29) is 0 Å². The molecule has 4 rings (SSSR count). The van der Waals surface area contributed by atoms with E-state index in [4.69, 9.17) is 4.52 Å². The highest BCUT2D eigenvalue weighted by Gasteiger charge is 2.28. The van der Waals surface area contributed by atoms with Crippen molar-refractivity contribution >= 4 is 6.01 Å². The van der Waals surface area contributed by atoms with Crippen molar-refractivity contribution in [2.24, 2.45) is 0 Å². The molecular weight excluding hydrogens is 280 g/mol. The number of aromatic nitrogens is 5. The molecule has 112 valence electrons. The van der Waals surface area contributed by atoms with Crippen LogP contribution in [0.3, 0.4) is 0 Å². The highest BCUT2D eigenvalue weighted by molar-refractivity contribution is 5.42. The van der Waals surface area contributed by atoms with Crippen LogP contribution in [0.15, 0.2) is 35.4 Å². The largest absolute Gasteiger partial charge is 0.334 e. The molecule has 7 nitrogen and oxygen atoms in total. The lowest BCUT2D eigenvalue weighted by molar-refractivity contribution is 0.422. The molecule has 2 aromatic heterocycles. The fraction of sp³-hybridized carbons (Fsp3) is 0.333. The quantitative estimate of drug-likeness (QED) is 0.778. The summed E-state index contributed by atoms with van der Waals surface area (Å²) in [6.07, 6.45) is 5.56. The minimum atomic E-state index is 0.486. The van der Waals surface area contributed by atoms with E-state index in [1.165, 1.54) is 19.2 Å². The number of anilines is 1. The van der Waals surface area contributed by atoms with Gasteiger partial charge in [0.05, 0.1) is 5.69 Å². The molecule has 1 aliphatic rings. The molecule has 0 aliphatic heterocycles. The van der Waals surface area contributed by atoms with Crippen molar-refractivity contribution in [3.05, 3.63) is 47.8 Å². The van der Waals surface area contributed by atoms with Gasteiger partial charge in [-0.25, -0.2) is 9.67 Å². The Morgan fingerprint density at radius 1 is 1.36 bits per heavy atom. The molecule has 0 unspecified atom stereocenters. The molecule has 1 fully saturated rings. The summed E-state index contributed by atoms with van der Waals surface area (Å²) in [5.41, 5.74) is 3.30. The molecular formula is C15H16N6O. The van der Waals surface area contributed by atoms with Gasteiger partial charge < -0.3 is 9.84 Å². The second-order valence-electron chi connectivity index (χ2n) is 5.55. The predicted molar refractivity (Wildman–Crippen MR) is 79.7 cm³/mol. The Morgan fingerprint density at radius 2 is 2.27 bits per heavy atom. The molecule has 0 amide bonds. The molecule has 1 aromatic carbocycles. The minimum Gasteiger partial charge on any atom is -0.334 e. The predicted octanol–water partition coefficient (Wildman–Crippen LogP) is 2.45. The van der Waals surface area contributed by atoms with Crippen LogP contribution in [-0.2, 0) is 6.54 Å². The number of hydrogen-bond donors (Lipinski definition) is 1. The van der Waals surface area contributed by atoms with Gasteiger partial charge in [0.15, 0.2) is 5.82 Å². The Hall–Kier alpha value is -2.70. The van der Waals surface area contributed by atoms with Gasteiger partial charge in [-0.15, -0.1) is 0 Å². The van der Waals surface area contributed by atoms with Crippen LogP contribution in [0.1, 0.15) is 35.7 Å². The normalized spacial score (nSPS) is 14.2. The van der Waals surface area contributed by atoms with E-state index in [1.54, 1.807) is 11.0 Å². The summed E-state index contributed by atoms with van der Waals surface area (Å²) in [6.45, 7) is 2.70. The third-order valence-electron chi connectivity index (χ3n) is 3.75. The Balaban J connectivity index is 1.45. The Labute approximate surface area is 127 Å². The lowest BCUT2D eigenvalue weighted by Crippen LogP contribution is -2.02. The first-order chi connectivity index (χ1) is 10.8. The molecule has 0 saturated heterocycles. The standard InChI is InChI=1S/C15H16N6O/c1-10-6-11(2-5-13(10)21-9-16-8-18-21)7-17-15-19-14(20-22-15)12-3-4-12/h2,5-6,8-9,12H,3-4,7H2,1H3,(H,17,19,20). The lowest BCUT2D eigenvalue weighted by atomic mass is 10.1. The van der Waals surface area contributed by atoms with Crippen molar-refractivity contribution in [2.45, 2.75) is 32.2 Å². The molecule has 22 heavy (non-hydrogen) atoms. The second-order valence-corrected chi connectivity index (χ2v) is 5.55. The van der Waals surface area contributed by atoms with Gasteiger partial charge in [0, 0.05) is 12.5 Å². The fourth-order valence-corrected chi connectivity index (χ4v) is 2.41. The summed E-state index contributed by atoms with van der Waals surface area (Å²) < 4.78 is 6.96. The van der Waals surface area contributed by atoms with Crippen molar-refractivity contribution in [2.75, 3.05) is 5.32 Å². The summed E-state index contributed by atoms with van der Waals surface area (Å²) in [5.74, 6) is 1.32. The fourth-order valence-electron chi connectivity index (χ4n) is 2.41. The zero-order valence-corrected chi connectivity index (χ0v) is 12.2. The monoisotopic (exact) mass is 296 g/mol. The maximum absolute atomic E-state index is 5.21. The van der Waals surface area contributed by atoms with Crippen LogP contribution in [0.25, 0.3) is 5.69 Å². The maximum Gasteiger partial charge on any atom is 0.321 e. The van der Waals surface area contributed by atoms with Crippen LogP contribution in [0.2, 0.25) is 0 Å². The molecule has 3 aromatic rings. The third kappa shape index (κ3) is 2.57. The lowest BCUT2D eigenvalue weighted by Gasteiger charge is -2.08. The van der Waals surface area contributed by atoms with Crippen LogP contribution in [0.5, 0.6) is 0 Å². The van der Waals surface area contributed by atoms with E-state index in [2.05, 4.69) is 44.6 Å². The smallest absolute Gasteiger partial charge is 0.321 e. The van der Waals surface area contributed by atoms with Gasteiger partial charge >= 0.3 is 6.01 Å². The molecule has 1 aliphatic carbocycles. The molecule has 0 spiro atoms. The average Bonchev–Trinajstić information content (AvgIpc) is 3.04. The zero-order chi connectivity index (χ0) is 14.9. The molecule has 2 heterocycles. The minimum absolute atomic E-state index is 0.486. The van der Waals surface area contributed by atoms with E-state index < -0.39 is 0 Å². The van der Waals surface area contributed by atoms with Crippen molar-refractivity contribution in [3.8, 4) is 5.69 Å². The second kappa shape index (κ2) is 5.25. The van der Waals surface area contributed by atoms with Crippen LogP contribution in [0.4, 0.5) is 6.01 Å². The first-order valence-corrected chi connectivity index (χ1v) is 7.31.